The topological polar surface area (TPSA) is 55.1 Å². The van der Waals surface area contributed by atoms with Gasteiger partial charge in [0.2, 0.25) is 5.89 Å². The first kappa shape index (κ1) is 19.5. The SMILES string of the molecule is O=C(Nc1ccc2oc(-c3ccc(-c4ccccc4)cc3)nc2c1)c1cccc(I)c1. The van der Waals surface area contributed by atoms with Crippen molar-refractivity contribution in [2.45, 2.75) is 0 Å². The van der Waals surface area contributed by atoms with E-state index in [2.05, 4.69) is 57.2 Å². The Morgan fingerprint density at radius 2 is 1.52 bits per heavy atom. The number of fused-ring (bicyclic) bond motifs is 1. The molecule has 0 atom stereocenters. The van der Waals surface area contributed by atoms with Crippen LogP contribution in [0.1, 0.15) is 10.4 Å². The van der Waals surface area contributed by atoms with Crippen molar-refractivity contribution >= 4 is 45.3 Å². The van der Waals surface area contributed by atoms with Crippen LogP contribution < -0.4 is 5.32 Å². The van der Waals surface area contributed by atoms with Crippen molar-refractivity contribution in [1.29, 1.82) is 0 Å². The van der Waals surface area contributed by atoms with Crippen molar-refractivity contribution in [3.05, 3.63) is 106 Å². The number of rotatable bonds is 4. The van der Waals surface area contributed by atoms with E-state index in [1.807, 2.05) is 66.7 Å². The lowest BCUT2D eigenvalue weighted by molar-refractivity contribution is 0.102. The molecule has 4 nitrogen and oxygen atoms in total. The van der Waals surface area contributed by atoms with Crippen LogP contribution in [0.15, 0.2) is 101 Å². The number of oxazole rings is 1. The lowest BCUT2D eigenvalue weighted by atomic mass is 10.0. The molecule has 1 heterocycles. The molecule has 0 saturated carbocycles. The van der Waals surface area contributed by atoms with E-state index < -0.39 is 0 Å². The fourth-order valence-electron chi connectivity index (χ4n) is 3.40. The maximum atomic E-state index is 12.5. The Hall–Kier alpha value is -3.45. The molecule has 4 aromatic carbocycles. The number of hydrogen-bond donors (Lipinski definition) is 1. The molecular formula is C26H17IN2O2. The van der Waals surface area contributed by atoms with Crippen LogP contribution in [-0.2, 0) is 0 Å². The lowest BCUT2D eigenvalue weighted by Crippen LogP contribution is -2.11. The highest BCUT2D eigenvalue weighted by atomic mass is 127. The van der Waals surface area contributed by atoms with Crippen molar-refractivity contribution in [2.75, 3.05) is 5.32 Å². The Balaban J connectivity index is 1.39. The monoisotopic (exact) mass is 516 g/mol. The van der Waals surface area contributed by atoms with Crippen LogP contribution in [0.3, 0.4) is 0 Å². The summed E-state index contributed by atoms with van der Waals surface area (Å²) in [5, 5.41) is 2.93. The minimum atomic E-state index is -0.155. The van der Waals surface area contributed by atoms with E-state index in [4.69, 9.17) is 4.42 Å². The Labute approximate surface area is 193 Å². The summed E-state index contributed by atoms with van der Waals surface area (Å²) in [4.78, 5) is 17.1. The Morgan fingerprint density at radius 3 is 2.29 bits per heavy atom. The van der Waals surface area contributed by atoms with Crippen molar-refractivity contribution in [3.63, 3.8) is 0 Å². The number of carbonyl (C=O) groups excluding carboxylic acids is 1. The molecule has 150 valence electrons. The maximum absolute atomic E-state index is 12.5. The number of anilines is 1. The number of benzene rings is 4. The van der Waals surface area contributed by atoms with E-state index in [1.54, 1.807) is 6.07 Å². The van der Waals surface area contributed by atoms with Gasteiger partial charge in [0.1, 0.15) is 5.52 Å². The number of nitrogens with zero attached hydrogens (tertiary/aromatic N) is 1. The van der Waals surface area contributed by atoms with E-state index in [0.29, 0.717) is 28.2 Å². The molecule has 5 heteroatoms. The van der Waals surface area contributed by atoms with Gasteiger partial charge in [-0.3, -0.25) is 4.79 Å². The summed E-state index contributed by atoms with van der Waals surface area (Å²) >= 11 is 2.19. The standard InChI is InChI=1S/C26H17IN2O2/c27-21-8-4-7-20(15-21)25(30)28-22-13-14-24-23(16-22)29-26(31-24)19-11-9-18(10-12-19)17-5-2-1-3-6-17/h1-16H,(H,28,30). The normalized spacial score (nSPS) is 10.9. The zero-order chi connectivity index (χ0) is 21.2. The number of carbonyl (C=O) groups is 1. The summed E-state index contributed by atoms with van der Waals surface area (Å²) in [6.45, 7) is 0. The number of aromatic nitrogens is 1. The maximum Gasteiger partial charge on any atom is 0.255 e. The fraction of sp³-hybridized carbons (Fsp3) is 0. The van der Waals surface area contributed by atoms with Gasteiger partial charge in [0.15, 0.2) is 5.58 Å². The number of nitrogens with one attached hydrogen (secondary N) is 1. The van der Waals surface area contributed by atoms with Gasteiger partial charge in [-0.2, -0.15) is 0 Å². The molecule has 0 aliphatic rings. The molecule has 0 aliphatic heterocycles. The molecule has 0 spiro atoms. The molecular weight excluding hydrogens is 499 g/mol. The Morgan fingerprint density at radius 1 is 0.774 bits per heavy atom. The van der Waals surface area contributed by atoms with E-state index in [-0.39, 0.29) is 5.91 Å². The molecule has 5 aromatic rings. The highest BCUT2D eigenvalue weighted by Gasteiger charge is 2.11. The third kappa shape index (κ3) is 4.22. The van der Waals surface area contributed by atoms with E-state index in [9.17, 15) is 4.79 Å². The first-order chi connectivity index (χ1) is 15.2. The van der Waals surface area contributed by atoms with Crippen molar-refractivity contribution in [3.8, 4) is 22.6 Å². The van der Waals surface area contributed by atoms with Crippen LogP contribution in [0.4, 0.5) is 5.69 Å². The molecule has 0 saturated heterocycles. The van der Waals surface area contributed by atoms with Crippen molar-refractivity contribution in [1.82, 2.24) is 4.98 Å². The fourth-order valence-corrected chi connectivity index (χ4v) is 3.94. The van der Waals surface area contributed by atoms with E-state index >= 15 is 0 Å². The second-order valence-electron chi connectivity index (χ2n) is 7.11. The van der Waals surface area contributed by atoms with Gasteiger partial charge in [0.05, 0.1) is 0 Å². The third-order valence-electron chi connectivity index (χ3n) is 4.97. The van der Waals surface area contributed by atoms with Gasteiger partial charge in [0, 0.05) is 20.4 Å². The molecule has 0 radical (unpaired) electrons. The van der Waals surface area contributed by atoms with Gasteiger partial charge in [-0.1, -0.05) is 48.5 Å². The molecule has 5 rings (SSSR count). The van der Waals surface area contributed by atoms with Gasteiger partial charge < -0.3 is 9.73 Å². The second kappa shape index (κ2) is 8.35. The molecule has 1 amide bonds. The molecule has 1 N–H and O–H groups in total. The summed E-state index contributed by atoms with van der Waals surface area (Å²) in [6, 6.07) is 31.3. The summed E-state index contributed by atoms with van der Waals surface area (Å²) in [5.41, 5.74) is 5.88. The minimum Gasteiger partial charge on any atom is -0.436 e. The summed E-state index contributed by atoms with van der Waals surface area (Å²) in [7, 11) is 0. The highest BCUT2D eigenvalue weighted by molar-refractivity contribution is 14.1. The van der Waals surface area contributed by atoms with Crippen LogP contribution in [0.2, 0.25) is 0 Å². The van der Waals surface area contributed by atoms with E-state index in [0.717, 1.165) is 14.7 Å². The van der Waals surface area contributed by atoms with E-state index in [1.165, 1.54) is 5.56 Å². The largest absolute Gasteiger partial charge is 0.436 e. The van der Waals surface area contributed by atoms with Crippen molar-refractivity contribution in [2.24, 2.45) is 0 Å². The first-order valence-electron chi connectivity index (χ1n) is 9.79. The van der Waals surface area contributed by atoms with Crippen LogP contribution in [0.25, 0.3) is 33.7 Å². The van der Waals surface area contributed by atoms with Gasteiger partial charge >= 0.3 is 0 Å². The quantitative estimate of drug-likeness (QED) is 0.261. The first-order valence-corrected chi connectivity index (χ1v) is 10.9. The predicted octanol–water partition coefficient (Wildman–Crippen LogP) is 7.02. The highest BCUT2D eigenvalue weighted by Crippen LogP contribution is 2.28. The average Bonchev–Trinajstić information content (AvgIpc) is 3.23. The minimum absolute atomic E-state index is 0.155. The zero-order valence-corrected chi connectivity index (χ0v) is 18.5. The number of amides is 1. The number of halogens is 1. The summed E-state index contributed by atoms with van der Waals surface area (Å²) in [5.74, 6) is 0.397. The van der Waals surface area contributed by atoms with Gasteiger partial charge in [0.25, 0.3) is 5.91 Å². The Kier molecular flexibility index (Phi) is 5.26. The average molecular weight is 516 g/mol. The van der Waals surface area contributed by atoms with Gasteiger partial charge in [-0.25, -0.2) is 4.98 Å². The molecule has 1 aromatic heterocycles. The molecule has 0 unspecified atom stereocenters. The third-order valence-corrected chi connectivity index (χ3v) is 5.64. The molecule has 0 aliphatic carbocycles. The number of hydrogen-bond acceptors (Lipinski definition) is 3. The van der Waals surface area contributed by atoms with Crippen molar-refractivity contribution < 1.29 is 9.21 Å². The van der Waals surface area contributed by atoms with Crippen LogP contribution in [0, 0.1) is 3.57 Å². The molecule has 0 bridgehead atoms. The second-order valence-corrected chi connectivity index (χ2v) is 8.36. The molecule has 31 heavy (non-hydrogen) atoms. The van der Waals surface area contributed by atoms with Gasteiger partial charge in [-0.05, 0) is 82.2 Å². The lowest BCUT2D eigenvalue weighted by Gasteiger charge is -2.05. The summed E-state index contributed by atoms with van der Waals surface area (Å²) in [6.07, 6.45) is 0. The van der Waals surface area contributed by atoms with Crippen LogP contribution >= 0.6 is 22.6 Å². The Bertz CT molecular complexity index is 1380. The summed E-state index contributed by atoms with van der Waals surface area (Å²) < 4.78 is 6.95. The van der Waals surface area contributed by atoms with Crippen LogP contribution in [-0.4, -0.2) is 10.9 Å². The molecule has 0 fully saturated rings. The smallest absolute Gasteiger partial charge is 0.255 e. The van der Waals surface area contributed by atoms with Crippen LogP contribution in [0.5, 0.6) is 0 Å². The van der Waals surface area contributed by atoms with Gasteiger partial charge in [-0.15, -0.1) is 0 Å². The predicted molar refractivity (Wildman–Crippen MR) is 132 cm³/mol. The zero-order valence-electron chi connectivity index (χ0n) is 16.4.